The van der Waals surface area contributed by atoms with Crippen molar-refractivity contribution in [2.45, 2.75) is 44.1 Å². The van der Waals surface area contributed by atoms with Gasteiger partial charge >= 0.3 is 30.0 Å². The Morgan fingerprint density at radius 3 is 2.19 bits per heavy atom. The first-order chi connectivity index (χ1) is 27.1. The maximum absolute atomic E-state index is 13.0. The number of halogens is 4. The molecule has 0 saturated heterocycles. The molecule has 3 amide bonds. The number of carbonyl (C=O) groups is 4. The fourth-order valence-electron chi connectivity index (χ4n) is 5.47. The van der Waals surface area contributed by atoms with E-state index in [1.165, 1.54) is 24.3 Å². The lowest BCUT2D eigenvalue weighted by Gasteiger charge is -2.19. The third-order valence-corrected chi connectivity index (χ3v) is 8.90. The number of hydrogen-bond acceptors (Lipinski definition) is 11. The highest BCUT2D eigenvalue weighted by molar-refractivity contribution is 6.39. The van der Waals surface area contributed by atoms with Crippen molar-refractivity contribution >= 4 is 58.6 Å². The Kier molecular flexibility index (Phi) is 11.9. The third-order valence-electron chi connectivity index (χ3n) is 8.65. The van der Waals surface area contributed by atoms with Crippen LogP contribution in [0.2, 0.25) is 5.02 Å². The Balaban J connectivity index is 1.04. The molecule has 0 bridgehead atoms. The van der Waals surface area contributed by atoms with Crippen LogP contribution >= 0.6 is 11.6 Å². The van der Waals surface area contributed by atoms with Crippen LogP contribution in [0.4, 0.5) is 36.4 Å². The van der Waals surface area contributed by atoms with E-state index in [1.807, 2.05) is 29.8 Å². The Bertz CT molecular complexity index is 2250. The van der Waals surface area contributed by atoms with Gasteiger partial charge in [-0.05, 0) is 79.4 Å². The Morgan fingerprint density at radius 2 is 1.58 bits per heavy atom. The number of aliphatic carboxylic acids is 1. The van der Waals surface area contributed by atoms with E-state index < -0.39 is 60.6 Å². The zero-order chi connectivity index (χ0) is 40.7. The molecule has 1 atom stereocenters. The van der Waals surface area contributed by atoms with Crippen molar-refractivity contribution < 1.29 is 42.2 Å². The number of imidazole rings is 1. The standard InChI is InChI=1S/C37H34ClF3N10O6/c1-21-42-16-17-51(21)19-22-2-10-26(11-3-22)44-31(54)30(53)43-18-28(32(55)56)46-29(52)23-4-12-27(13-5-23)45-33-47-34(49-35(48-33)57-20-37(39,40)41)50-36(14-15-36)24-6-8-25(38)9-7-24/h2-13,16-17,28H,14-15,18-20H2,1H3,(H,43,53)(H,44,54)(H,46,52)(H,55,56)(H2,45,47,48,49,50)/t28-/m0/s1. The Labute approximate surface area is 327 Å². The van der Waals surface area contributed by atoms with E-state index in [0.29, 0.717) is 35.8 Å². The van der Waals surface area contributed by atoms with Crippen LogP contribution in [0.25, 0.3) is 0 Å². The lowest BCUT2D eigenvalue weighted by molar-refractivity contribution is -0.154. The van der Waals surface area contributed by atoms with E-state index in [0.717, 1.165) is 17.0 Å². The highest BCUT2D eigenvalue weighted by atomic mass is 35.5. The normalized spacial score (nSPS) is 13.5. The van der Waals surface area contributed by atoms with Crippen molar-refractivity contribution in [3.63, 3.8) is 0 Å². The molecule has 3 aromatic carbocycles. The van der Waals surface area contributed by atoms with Crippen LogP contribution in [-0.2, 0) is 26.5 Å². The summed E-state index contributed by atoms with van der Waals surface area (Å²) in [5, 5.41) is 23.2. The van der Waals surface area contributed by atoms with Gasteiger partial charge in [0.25, 0.3) is 5.91 Å². The van der Waals surface area contributed by atoms with Crippen LogP contribution in [0.5, 0.6) is 6.01 Å². The Morgan fingerprint density at radius 1 is 0.912 bits per heavy atom. The minimum absolute atomic E-state index is 0.0216. The molecule has 0 unspecified atom stereocenters. The van der Waals surface area contributed by atoms with Crippen LogP contribution in [0.3, 0.4) is 0 Å². The van der Waals surface area contributed by atoms with E-state index in [9.17, 15) is 37.5 Å². The summed E-state index contributed by atoms with van der Waals surface area (Å²) in [6, 6.07) is 17.2. The van der Waals surface area contributed by atoms with Gasteiger partial charge in [-0.25, -0.2) is 9.78 Å². The van der Waals surface area contributed by atoms with E-state index in [2.05, 4.69) is 46.5 Å². The molecule has 57 heavy (non-hydrogen) atoms. The lowest BCUT2D eigenvalue weighted by Crippen LogP contribution is -2.50. The van der Waals surface area contributed by atoms with Crippen molar-refractivity contribution in [1.82, 2.24) is 35.1 Å². The summed E-state index contributed by atoms with van der Waals surface area (Å²) in [6.45, 7) is 0.184. The zero-order valence-electron chi connectivity index (χ0n) is 29.9. The number of carboxylic acids is 1. The van der Waals surface area contributed by atoms with Crippen molar-refractivity contribution in [3.05, 3.63) is 113 Å². The maximum atomic E-state index is 13.0. The van der Waals surface area contributed by atoms with Crippen LogP contribution in [-0.4, -0.2) is 78.7 Å². The fraction of sp³-hybridized carbons (Fsp3) is 0.243. The topological polar surface area (TPSA) is 214 Å². The summed E-state index contributed by atoms with van der Waals surface area (Å²) < 4.78 is 45.6. The van der Waals surface area contributed by atoms with Crippen LogP contribution in [0, 0.1) is 6.92 Å². The van der Waals surface area contributed by atoms with Gasteiger partial charge in [0.1, 0.15) is 11.9 Å². The maximum Gasteiger partial charge on any atom is 0.422 e. The first-order valence-corrected chi connectivity index (χ1v) is 17.6. The van der Waals surface area contributed by atoms with E-state index in [4.69, 9.17) is 16.3 Å². The van der Waals surface area contributed by atoms with E-state index in [1.54, 1.807) is 42.6 Å². The van der Waals surface area contributed by atoms with Gasteiger partial charge in [-0.15, -0.1) is 0 Å². The number of alkyl halides is 3. The fourth-order valence-corrected chi connectivity index (χ4v) is 5.60. The second-order valence-electron chi connectivity index (χ2n) is 12.9. The Hall–Kier alpha value is -6.76. The van der Waals surface area contributed by atoms with Gasteiger partial charge in [0.15, 0.2) is 6.61 Å². The summed E-state index contributed by atoms with van der Waals surface area (Å²) in [5.41, 5.74) is 1.90. The number of aromatic nitrogens is 5. The van der Waals surface area contributed by atoms with Gasteiger partial charge in [0.05, 0.1) is 5.54 Å². The van der Waals surface area contributed by atoms with Gasteiger partial charge in [0.2, 0.25) is 11.9 Å². The number of anilines is 4. The number of amides is 3. The largest absolute Gasteiger partial charge is 0.480 e. The molecule has 1 saturated carbocycles. The minimum Gasteiger partial charge on any atom is -0.480 e. The highest BCUT2D eigenvalue weighted by Gasteiger charge is 2.45. The quantitative estimate of drug-likeness (QED) is 0.0788. The van der Waals surface area contributed by atoms with Crippen molar-refractivity contribution in [2.24, 2.45) is 0 Å². The van der Waals surface area contributed by atoms with Crippen molar-refractivity contribution in [2.75, 3.05) is 29.1 Å². The number of nitrogens with zero attached hydrogens (tertiary/aromatic N) is 5. The molecule has 6 N–H and O–H groups in total. The summed E-state index contributed by atoms with van der Waals surface area (Å²) in [5.74, 6) is -3.84. The minimum atomic E-state index is -4.65. The van der Waals surface area contributed by atoms with Crippen LogP contribution in [0.15, 0.2) is 85.2 Å². The molecule has 5 aromatic rings. The molecule has 1 fully saturated rings. The molecular weight excluding hydrogens is 773 g/mol. The number of hydrogen-bond donors (Lipinski definition) is 6. The lowest BCUT2D eigenvalue weighted by atomic mass is 10.1. The molecule has 16 nitrogen and oxygen atoms in total. The average molecular weight is 807 g/mol. The third kappa shape index (κ3) is 10.9. The average Bonchev–Trinajstić information content (AvgIpc) is 3.84. The van der Waals surface area contributed by atoms with Gasteiger partial charge in [-0.2, -0.15) is 28.1 Å². The molecule has 0 radical (unpaired) electrons. The number of carboxylic acid groups (broad SMARTS) is 1. The number of nitrogens with one attached hydrogen (secondary N) is 5. The predicted octanol–water partition coefficient (Wildman–Crippen LogP) is 4.80. The first-order valence-electron chi connectivity index (χ1n) is 17.2. The molecule has 0 spiro atoms. The molecule has 0 aliphatic heterocycles. The summed E-state index contributed by atoms with van der Waals surface area (Å²) in [4.78, 5) is 66.3. The smallest absolute Gasteiger partial charge is 0.422 e. The molecule has 20 heteroatoms. The first kappa shape index (κ1) is 39.9. The van der Waals surface area contributed by atoms with E-state index in [-0.39, 0.29) is 17.5 Å². The van der Waals surface area contributed by atoms with Gasteiger partial charge < -0.3 is 41.0 Å². The number of ether oxygens (including phenoxy) is 1. The summed E-state index contributed by atoms with van der Waals surface area (Å²) >= 11 is 6.02. The molecule has 6 rings (SSSR count). The second kappa shape index (κ2) is 16.9. The number of aryl methyl sites for hydroxylation is 1. The molecule has 2 heterocycles. The van der Waals surface area contributed by atoms with Crippen LogP contribution < -0.4 is 31.3 Å². The predicted molar refractivity (Wildman–Crippen MR) is 200 cm³/mol. The monoisotopic (exact) mass is 806 g/mol. The number of carbonyl (C=O) groups excluding carboxylic acids is 3. The SMILES string of the molecule is Cc1nccn1Cc1ccc(NC(=O)C(=O)NC[C@H](NC(=O)c2ccc(Nc3nc(NC4(c5ccc(Cl)cc5)CC4)nc(OCC(F)(F)F)n3)cc2)C(=O)O)cc1. The molecular formula is C37H34ClF3N10O6. The van der Waals surface area contributed by atoms with Crippen LogP contribution in [0.1, 0.15) is 40.2 Å². The summed E-state index contributed by atoms with van der Waals surface area (Å²) in [7, 11) is 0. The molecule has 1 aliphatic rings. The van der Waals surface area contributed by atoms with Gasteiger partial charge in [0, 0.05) is 47.4 Å². The van der Waals surface area contributed by atoms with Crippen molar-refractivity contribution in [3.8, 4) is 6.01 Å². The zero-order valence-corrected chi connectivity index (χ0v) is 30.7. The van der Waals surface area contributed by atoms with Crippen molar-refractivity contribution in [1.29, 1.82) is 0 Å². The highest BCUT2D eigenvalue weighted by Crippen LogP contribution is 2.48. The van der Waals surface area contributed by atoms with Gasteiger partial charge in [-0.1, -0.05) is 35.9 Å². The van der Waals surface area contributed by atoms with Gasteiger partial charge in [-0.3, -0.25) is 14.4 Å². The summed E-state index contributed by atoms with van der Waals surface area (Å²) in [6.07, 6.45) is 0.255. The second-order valence-corrected chi connectivity index (χ2v) is 13.3. The molecule has 2 aromatic heterocycles. The number of benzene rings is 3. The van der Waals surface area contributed by atoms with E-state index >= 15 is 0 Å². The molecule has 296 valence electrons. The number of rotatable bonds is 15. The molecule has 1 aliphatic carbocycles.